The molecule has 5 nitrogen and oxygen atoms in total. The maximum absolute atomic E-state index is 12.9. The Morgan fingerprint density at radius 1 is 1.08 bits per heavy atom. The largest absolute Gasteiger partial charge is 0.492 e. The average molecular weight is 369 g/mol. The van der Waals surface area contributed by atoms with Gasteiger partial charge in [0.1, 0.15) is 23.9 Å². The van der Waals surface area contributed by atoms with E-state index in [0.717, 1.165) is 0 Å². The van der Waals surface area contributed by atoms with Gasteiger partial charge in [0.05, 0.1) is 0 Å². The highest BCUT2D eigenvalue weighted by Crippen LogP contribution is 2.21. The van der Waals surface area contributed by atoms with Gasteiger partial charge in [0.2, 0.25) is 0 Å². The predicted octanol–water partition coefficient (Wildman–Crippen LogP) is 3.38. The molecule has 0 aliphatic heterocycles. The van der Waals surface area contributed by atoms with E-state index in [1.807, 2.05) is 0 Å². The second-order valence-electron chi connectivity index (χ2n) is 5.68. The lowest BCUT2D eigenvalue weighted by Gasteiger charge is -2.25. The first kappa shape index (κ1) is 20.7. The van der Waals surface area contributed by atoms with Gasteiger partial charge in [-0.1, -0.05) is 0 Å². The molecule has 7 heteroatoms. The Morgan fingerprint density at radius 3 is 2.20 bits per heavy atom. The zero-order valence-corrected chi connectivity index (χ0v) is 14.9. The van der Waals surface area contributed by atoms with Crippen LogP contribution in [0, 0.1) is 5.82 Å². The van der Waals surface area contributed by atoms with E-state index < -0.39 is 5.60 Å². The summed E-state index contributed by atoms with van der Waals surface area (Å²) in [7, 11) is 0. The normalized spacial score (nSPS) is 10.6. The lowest BCUT2D eigenvalue weighted by atomic mass is 10.1. The van der Waals surface area contributed by atoms with E-state index in [4.69, 9.17) is 15.2 Å². The number of benzene rings is 2. The highest BCUT2D eigenvalue weighted by molar-refractivity contribution is 5.97. The highest BCUT2D eigenvalue weighted by atomic mass is 35.5. The fourth-order valence-corrected chi connectivity index (χ4v) is 1.94. The van der Waals surface area contributed by atoms with Crippen molar-refractivity contribution in [2.45, 2.75) is 19.4 Å². The molecule has 0 aromatic heterocycles. The first-order chi connectivity index (χ1) is 11.4. The van der Waals surface area contributed by atoms with Crippen LogP contribution < -0.4 is 20.5 Å². The Bertz CT molecular complexity index is 676. The number of anilines is 1. The van der Waals surface area contributed by atoms with Crippen molar-refractivity contribution in [3.05, 3.63) is 54.3 Å². The number of hydrogen-bond donors (Lipinski definition) is 2. The zero-order chi connectivity index (χ0) is 17.6. The van der Waals surface area contributed by atoms with Crippen molar-refractivity contribution < 1.29 is 18.7 Å². The summed E-state index contributed by atoms with van der Waals surface area (Å²) in [6, 6.07) is 12.5. The van der Waals surface area contributed by atoms with E-state index in [0.29, 0.717) is 30.3 Å². The van der Waals surface area contributed by atoms with Crippen molar-refractivity contribution in [2.75, 3.05) is 18.5 Å². The molecular formula is C18H22ClFN2O3. The van der Waals surface area contributed by atoms with Crippen LogP contribution in [0.3, 0.4) is 0 Å². The van der Waals surface area contributed by atoms with Crippen LogP contribution in [0.1, 0.15) is 13.8 Å². The smallest absolute Gasteiger partial charge is 0.267 e. The van der Waals surface area contributed by atoms with Gasteiger partial charge < -0.3 is 20.5 Å². The summed E-state index contributed by atoms with van der Waals surface area (Å²) in [5.74, 6) is 0.423. The molecule has 0 radical (unpaired) electrons. The average Bonchev–Trinajstić information content (AvgIpc) is 2.56. The number of carbonyl (C=O) groups excluding carboxylic acids is 1. The van der Waals surface area contributed by atoms with Crippen LogP contribution in [0.25, 0.3) is 0 Å². The van der Waals surface area contributed by atoms with Gasteiger partial charge in [0.25, 0.3) is 5.91 Å². The summed E-state index contributed by atoms with van der Waals surface area (Å²) in [5, 5.41) is 2.78. The molecule has 2 aromatic carbocycles. The van der Waals surface area contributed by atoms with Crippen molar-refractivity contribution in [1.82, 2.24) is 0 Å². The second kappa shape index (κ2) is 9.25. The predicted molar refractivity (Wildman–Crippen MR) is 98.0 cm³/mol. The SMILES string of the molecule is CC(C)(Oc1ccc(F)cc1)C(=O)Nc1ccc(OCCN)cc1.Cl. The Hall–Kier alpha value is -2.31. The summed E-state index contributed by atoms with van der Waals surface area (Å²) >= 11 is 0. The van der Waals surface area contributed by atoms with E-state index in [1.165, 1.54) is 24.3 Å². The van der Waals surface area contributed by atoms with E-state index in [1.54, 1.807) is 38.1 Å². The van der Waals surface area contributed by atoms with Crippen molar-refractivity contribution >= 4 is 24.0 Å². The molecular weight excluding hydrogens is 347 g/mol. The number of hydrogen-bond acceptors (Lipinski definition) is 4. The number of nitrogens with one attached hydrogen (secondary N) is 1. The van der Waals surface area contributed by atoms with Gasteiger partial charge in [-0.25, -0.2) is 4.39 Å². The third-order valence-electron chi connectivity index (χ3n) is 3.23. The Labute approximate surface area is 152 Å². The summed E-state index contributed by atoms with van der Waals surface area (Å²) in [6.07, 6.45) is 0. The van der Waals surface area contributed by atoms with Gasteiger partial charge in [-0.15, -0.1) is 12.4 Å². The maximum atomic E-state index is 12.9. The van der Waals surface area contributed by atoms with Gasteiger partial charge in [-0.2, -0.15) is 0 Å². The molecule has 0 fully saturated rings. The Balaban J connectivity index is 0.00000312. The minimum absolute atomic E-state index is 0. The molecule has 3 N–H and O–H groups in total. The topological polar surface area (TPSA) is 73.6 Å². The fraction of sp³-hybridized carbons (Fsp3) is 0.278. The molecule has 0 bridgehead atoms. The van der Waals surface area contributed by atoms with Crippen LogP contribution in [0.4, 0.5) is 10.1 Å². The lowest BCUT2D eigenvalue weighted by Crippen LogP contribution is -2.42. The standard InChI is InChI=1S/C18H21FN2O3.ClH/c1-18(2,24-16-7-3-13(19)4-8-16)17(22)21-14-5-9-15(10-6-14)23-12-11-20;/h3-10H,11-12,20H2,1-2H3,(H,21,22);1H. The van der Waals surface area contributed by atoms with Crippen molar-refractivity contribution in [2.24, 2.45) is 5.73 Å². The minimum Gasteiger partial charge on any atom is -0.492 e. The number of halogens is 2. The van der Waals surface area contributed by atoms with Gasteiger partial charge in [0.15, 0.2) is 5.60 Å². The summed E-state index contributed by atoms with van der Waals surface area (Å²) in [6.45, 7) is 4.16. The Kier molecular flexibility index (Phi) is 7.67. The summed E-state index contributed by atoms with van der Waals surface area (Å²) < 4.78 is 24.0. The quantitative estimate of drug-likeness (QED) is 0.785. The zero-order valence-electron chi connectivity index (χ0n) is 14.1. The molecule has 0 heterocycles. The van der Waals surface area contributed by atoms with Gasteiger partial charge in [-0.3, -0.25) is 4.79 Å². The van der Waals surface area contributed by atoms with Crippen molar-refractivity contribution in [1.29, 1.82) is 0 Å². The number of rotatable bonds is 7. The molecule has 2 rings (SSSR count). The van der Waals surface area contributed by atoms with Gasteiger partial charge in [0, 0.05) is 12.2 Å². The highest BCUT2D eigenvalue weighted by Gasteiger charge is 2.30. The number of nitrogens with two attached hydrogens (primary N) is 1. The van der Waals surface area contributed by atoms with Crippen LogP contribution in [0.2, 0.25) is 0 Å². The van der Waals surface area contributed by atoms with E-state index in [2.05, 4.69) is 5.32 Å². The first-order valence-electron chi connectivity index (χ1n) is 7.60. The van der Waals surface area contributed by atoms with Crippen LogP contribution in [-0.2, 0) is 4.79 Å². The fourth-order valence-electron chi connectivity index (χ4n) is 1.94. The van der Waals surface area contributed by atoms with E-state index >= 15 is 0 Å². The van der Waals surface area contributed by atoms with Crippen LogP contribution in [0.15, 0.2) is 48.5 Å². The van der Waals surface area contributed by atoms with Crippen molar-refractivity contribution in [3.63, 3.8) is 0 Å². The molecule has 1 amide bonds. The van der Waals surface area contributed by atoms with E-state index in [-0.39, 0.29) is 24.1 Å². The van der Waals surface area contributed by atoms with Crippen LogP contribution in [0.5, 0.6) is 11.5 Å². The minimum atomic E-state index is -1.12. The molecule has 0 unspecified atom stereocenters. The molecule has 0 saturated carbocycles. The van der Waals surface area contributed by atoms with Gasteiger partial charge in [-0.05, 0) is 62.4 Å². The third-order valence-corrected chi connectivity index (χ3v) is 3.23. The number of ether oxygens (including phenoxy) is 2. The molecule has 0 aliphatic carbocycles. The van der Waals surface area contributed by atoms with E-state index in [9.17, 15) is 9.18 Å². The van der Waals surface area contributed by atoms with Gasteiger partial charge >= 0.3 is 0 Å². The third kappa shape index (κ3) is 6.25. The number of carbonyl (C=O) groups is 1. The molecule has 0 saturated heterocycles. The lowest BCUT2D eigenvalue weighted by molar-refractivity contribution is -0.128. The summed E-state index contributed by atoms with van der Waals surface area (Å²) in [5.41, 5.74) is 4.88. The first-order valence-corrected chi connectivity index (χ1v) is 7.60. The monoisotopic (exact) mass is 368 g/mol. The molecule has 2 aromatic rings. The van der Waals surface area contributed by atoms with Crippen molar-refractivity contribution in [3.8, 4) is 11.5 Å². The molecule has 0 aliphatic rings. The van der Waals surface area contributed by atoms with Crippen LogP contribution in [-0.4, -0.2) is 24.7 Å². The second-order valence-corrected chi connectivity index (χ2v) is 5.68. The summed E-state index contributed by atoms with van der Waals surface area (Å²) in [4.78, 5) is 12.4. The Morgan fingerprint density at radius 2 is 1.64 bits per heavy atom. The number of amides is 1. The molecule has 136 valence electrons. The maximum Gasteiger partial charge on any atom is 0.267 e. The molecule has 0 spiro atoms. The van der Waals surface area contributed by atoms with Crippen LogP contribution >= 0.6 is 12.4 Å². The molecule has 0 atom stereocenters. The molecule has 25 heavy (non-hydrogen) atoms.